The maximum absolute atomic E-state index is 12.1. The highest BCUT2D eigenvalue weighted by Crippen LogP contribution is 2.33. The van der Waals surface area contributed by atoms with E-state index in [-0.39, 0.29) is 18.1 Å². The molecule has 0 aliphatic carbocycles. The third kappa shape index (κ3) is 3.69. The Balaban J connectivity index is 1.47. The van der Waals surface area contributed by atoms with Gasteiger partial charge in [0.25, 0.3) is 0 Å². The van der Waals surface area contributed by atoms with Gasteiger partial charge in [-0.3, -0.25) is 9.69 Å². The number of piperidine rings is 1. The van der Waals surface area contributed by atoms with Crippen molar-refractivity contribution in [2.75, 3.05) is 33.4 Å². The molecule has 3 rings (SSSR count). The Morgan fingerprint density at radius 2 is 2.45 bits per heavy atom. The SMILES string of the molecule is COCCNC(=O)[C@H]1C[C@@H]2CCN(Cc3ccoc3)C[C@H]2O1. The highest BCUT2D eigenvalue weighted by atomic mass is 16.5. The van der Waals surface area contributed by atoms with Crippen LogP contribution in [0.5, 0.6) is 0 Å². The second kappa shape index (κ2) is 7.26. The Bertz CT molecular complexity index is 477. The summed E-state index contributed by atoms with van der Waals surface area (Å²) < 4.78 is 16.0. The summed E-state index contributed by atoms with van der Waals surface area (Å²) in [5.41, 5.74) is 1.19. The van der Waals surface area contributed by atoms with Crippen molar-refractivity contribution in [1.82, 2.24) is 10.2 Å². The van der Waals surface area contributed by atoms with E-state index >= 15 is 0 Å². The highest BCUT2D eigenvalue weighted by molar-refractivity contribution is 5.81. The molecule has 3 atom stereocenters. The molecule has 0 bridgehead atoms. The van der Waals surface area contributed by atoms with Crippen molar-refractivity contribution >= 4 is 5.91 Å². The summed E-state index contributed by atoms with van der Waals surface area (Å²) in [5.74, 6) is 0.492. The van der Waals surface area contributed by atoms with E-state index in [1.165, 1.54) is 5.56 Å². The molecule has 122 valence electrons. The van der Waals surface area contributed by atoms with Gasteiger partial charge in [-0.1, -0.05) is 0 Å². The van der Waals surface area contributed by atoms with Crippen molar-refractivity contribution in [3.63, 3.8) is 0 Å². The zero-order valence-electron chi connectivity index (χ0n) is 13.0. The monoisotopic (exact) mass is 308 g/mol. The standard InChI is InChI=1S/C16H24N2O4/c1-20-7-4-17-16(19)14-8-13-2-5-18(10-15(13)22-14)9-12-3-6-21-11-12/h3,6,11,13-15H,2,4-5,7-10H2,1H3,(H,17,19)/t13-,14+,15+/m0/s1. The van der Waals surface area contributed by atoms with E-state index in [4.69, 9.17) is 13.9 Å². The molecule has 0 aromatic carbocycles. The molecule has 1 aromatic heterocycles. The van der Waals surface area contributed by atoms with Gasteiger partial charge in [-0.2, -0.15) is 0 Å². The Kier molecular flexibility index (Phi) is 5.12. The molecule has 1 amide bonds. The summed E-state index contributed by atoms with van der Waals surface area (Å²) in [6, 6.07) is 1.99. The minimum absolute atomic E-state index is 0.00663. The lowest BCUT2D eigenvalue weighted by molar-refractivity contribution is -0.133. The molecule has 1 aromatic rings. The van der Waals surface area contributed by atoms with Gasteiger partial charge in [0.15, 0.2) is 0 Å². The predicted octanol–water partition coefficient (Wildman–Crippen LogP) is 1.02. The van der Waals surface area contributed by atoms with E-state index in [1.807, 2.05) is 6.07 Å². The number of carbonyl (C=O) groups excluding carboxylic acids is 1. The summed E-state index contributed by atoms with van der Waals surface area (Å²) in [6.45, 7) is 3.89. The first kappa shape index (κ1) is 15.5. The van der Waals surface area contributed by atoms with E-state index < -0.39 is 0 Å². The number of nitrogens with zero attached hydrogens (tertiary/aromatic N) is 1. The molecule has 22 heavy (non-hydrogen) atoms. The summed E-state index contributed by atoms with van der Waals surface area (Å²) >= 11 is 0. The fraction of sp³-hybridized carbons (Fsp3) is 0.688. The number of ether oxygens (including phenoxy) is 2. The minimum atomic E-state index is -0.305. The molecule has 0 spiro atoms. The Morgan fingerprint density at radius 1 is 1.55 bits per heavy atom. The van der Waals surface area contributed by atoms with Crippen LogP contribution in [0.25, 0.3) is 0 Å². The number of hydrogen-bond acceptors (Lipinski definition) is 5. The Morgan fingerprint density at radius 3 is 3.23 bits per heavy atom. The lowest BCUT2D eigenvalue weighted by atomic mass is 9.91. The normalized spacial score (nSPS) is 28.5. The van der Waals surface area contributed by atoms with Crippen molar-refractivity contribution in [1.29, 1.82) is 0 Å². The van der Waals surface area contributed by atoms with Crippen LogP contribution in [0.2, 0.25) is 0 Å². The molecule has 6 nitrogen and oxygen atoms in total. The first-order chi connectivity index (χ1) is 10.8. The van der Waals surface area contributed by atoms with E-state index in [0.29, 0.717) is 19.1 Å². The molecular formula is C16H24N2O4. The quantitative estimate of drug-likeness (QED) is 0.795. The molecule has 2 fully saturated rings. The number of rotatable bonds is 6. The maximum atomic E-state index is 12.1. The molecule has 3 heterocycles. The fourth-order valence-electron chi connectivity index (χ4n) is 3.34. The van der Waals surface area contributed by atoms with Gasteiger partial charge >= 0.3 is 0 Å². The fourth-order valence-corrected chi connectivity index (χ4v) is 3.34. The van der Waals surface area contributed by atoms with Crippen LogP contribution in [-0.2, 0) is 20.8 Å². The molecule has 6 heteroatoms. The van der Waals surface area contributed by atoms with E-state index in [9.17, 15) is 4.79 Å². The first-order valence-corrected chi connectivity index (χ1v) is 7.92. The molecular weight excluding hydrogens is 284 g/mol. The second-order valence-corrected chi connectivity index (χ2v) is 6.10. The number of furan rings is 1. The average molecular weight is 308 g/mol. The Labute approximate surface area is 130 Å². The van der Waals surface area contributed by atoms with Crippen LogP contribution >= 0.6 is 0 Å². The lowest BCUT2D eigenvalue weighted by Gasteiger charge is -2.33. The van der Waals surface area contributed by atoms with Crippen molar-refractivity contribution in [3.8, 4) is 0 Å². The molecule has 2 aliphatic heterocycles. The van der Waals surface area contributed by atoms with Crippen LogP contribution < -0.4 is 5.32 Å². The lowest BCUT2D eigenvalue weighted by Crippen LogP contribution is -2.42. The number of methoxy groups -OCH3 is 1. The average Bonchev–Trinajstić information content (AvgIpc) is 3.16. The zero-order chi connectivity index (χ0) is 15.4. The third-order valence-electron chi connectivity index (χ3n) is 4.52. The van der Waals surface area contributed by atoms with E-state index in [2.05, 4.69) is 10.2 Å². The molecule has 0 radical (unpaired) electrons. The topological polar surface area (TPSA) is 63.9 Å². The van der Waals surface area contributed by atoms with Crippen LogP contribution in [-0.4, -0.2) is 56.4 Å². The summed E-state index contributed by atoms with van der Waals surface area (Å²) in [5, 5.41) is 2.87. The molecule has 2 aliphatic rings. The van der Waals surface area contributed by atoms with Crippen LogP contribution in [0.4, 0.5) is 0 Å². The second-order valence-electron chi connectivity index (χ2n) is 6.10. The third-order valence-corrected chi connectivity index (χ3v) is 4.52. The number of nitrogens with one attached hydrogen (secondary N) is 1. The summed E-state index contributed by atoms with van der Waals surface area (Å²) in [6.07, 6.45) is 5.27. The van der Waals surface area contributed by atoms with Gasteiger partial charge in [-0.15, -0.1) is 0 Å². The van der Waals surface area contributed by atoms with Crippen LogP contribution in [0, 0.1) is 5.92 Å². The van der Waals surface area contributed by atoms with Gasteiger partial charge in [0.1, 0.15) is 6.10 Å². The highest BCUT2D eigenvalue weighted by Gasteiger charge is 2.41. The zero-order valence-corrected chi connectivity index (χ0v) is 13.0. The smallest absolute Gasteiger partial charge is 0.249 e. The minimum Gasteiger partial charge on any atom is -0.472 e. The molecule has 1 N–H and O–H groups in total. The number of fused-ring (bicyclic) bond motifs is 1. The largest absolute Gasteiger partial charge is 0.472 e. The van der Waals surface area contributed by atoms with E-state index in [0.717, 1.165) is 32.5 Å². The number of amides is 1. The molecule has 2 saturated heterocycles. The number of hydrogen-bond donors (Lipinski definition) is 1. The Hall–Kier alpha value is -1.37. The van der Waals surface area contributed by atoms with Gasteiger partial charge in [-0.25, -0.2) is 0 Å². The van der Waals surface area contributed by atoms with Crippen LogP contribution in [0.15, 0.2) is 23.0 Å². The maximum Gasteiger partial charge on any atom is 0.249 e. The summed E-state index contributed by atoms with van der Waals surface area (Å²) in [7, 11) is 1.63. The first-order valence-electron chi connectivity index (χ1n) is 7.92. The van der Waals surface area contributed by atoms with Crippen molar-refractivity contribution in [2.24, 2.45) is 5.92 Å². The van der Waals surface area contributed by atoms with Crippen LogP contribution in [0.1, 0.15) is 18.4 Å². The van der Waals surface area contributed by atoms with Crippen LogP contribution in [0.3, 0.4) is 0 Å². The van der Waals surface area contributed by atoms with Crippen molar-refractivity contribution in [2.45, 2.75) is 31.6 Å². The van der Waals surface area contributed by atoms with Crippen molar-refractivity contribution < 1.29 is 18.7 Å². The van der Waals surface area contributed by atoms with Gasteiger partial charge in [-0.05, 0) is 31.4 Å². The van der Waals surface area contributed by atoms with Crippen molar-refractivity contribution in [3.05, 3.63) is 24.2 Å². The van der Waals surface area contributed by atoms with Gasteiger partial charge < -0.3 is 19.2 Å². The number of carbonyl (C=O) groups is 1. The van der Waals surface area contributed by atoms with Gasteiger partial charge in [0, 0.05) is 32.3 Å². The van der Waals surface area contributed by atoms with Gasteiger partial charge in [0.2, 0.25) is 5.91 Å². The molecule has 0 unspecified atom stereocenters. The predicted molar refractivity (Wildman–Crippen MR) is 80.3 cm³/mol. The molecule has 0 saturated carbocycles. The summed E-state index contributed by atoms with van der Waals surface area (Å²) in [4.78, 5) is 14.5. The number of likely N-dealkylation sites (tertiary alicyclic amines) is 1. The van der Waals surface area contributed by atoms with Gasteiger partial charge in [0.05, 0.1) is 25.2 Å². The van der Waals surface area contributed by atoms with E-state index in [1.54, 1.807) is 19.6 Å².